The van der Waals surface area contributed by atoms with Gasteiger partial charge in [-0.3, -0.25) is 4.99 Å². The zero-order valence-electron chi connectivity index (χ0n) is 13.5. The van der Waals surface area contributed by atoms with E-state index in [0.717, 1.165) is 25.5 Å². The number of aliphatic imine (C=N–C) groups is 1. The molecular formula is C16H29N3O2S. The third-order valence-electron chi connectivity index (χ3n) is 5.17. The lowest BCUT2D eigenvalue weighted by molar-refractivity contribution is 0.325. The molecule has 2 aliphatic heterocycles. The zero-order valence-corrected chi connectivity index (χ0v) is 14.3. The molecule has 1 atom stereocenters. The summed E-state index contributed by atoms with van der Waals surface area (Å²) in [5, 5.41) is 3.66. The van der Waals surface area contributed by atoms with Crippen LogP contribution in [0.25, 0.3) is 0 Å². The first kappa shape index (κ1) is 16.1. The van der Waals surface area contributed by atoms with Gasteiger partial charge in [0, 0.05) is 25.7 Å². The first-order chi connectivity index (χ1) is 10.6. The molecule has 1 N–H and O–H groups in total. The molecule has 3 fully saturated rings. The van der Waals surface area contributed by atoms with Gasteiger partial charge in [0.2, 0.25) is 0 Å². The van der Waals surface area contributed by atoms with Crippen LogP contribution in [-0.4, -0.2) is 56.5 Å². The first-order valence-electron chi connectivity index (χ1n) is 8.89. The number of nitrogens with one attached hydrogen (secondary N) is 1. The monoisotopic (exact) mass is 327 g/mol. The number of rotatable bonds is 3. The maximum atomic E-state index is 11.6. The highest BCUT2D eigenvalue weighted by molar-refractivity contribution is 7.91. The van der Waals surface area contributed by atoms with Crippen LogP contribution >= 0.6 is 0 Å². The van der Waals surface area contributed by atoms with Crippen LogP contribution in [-0.2, 0) is 9.84 Å². The molecule has 5 nitrogen and oxygen atoms in total. The second-order valence-corrected chi connectivity index (χ2v) is 9.34. The van der Waals surface area contributed by atoms with Crippen LogP contribution in [0.1, 0.15) is 51.4 Å². The molecule has 0 amide bonds. The van der Waals surface area contributed by atoms with Crippen LogP contribution in [0.2, 0.25) is 0 Å². The molecule has 0 spiro atoms. The predicted molar refractivity (Wildman–Crippen MR) is 89.9 cm³/mol. The average Bonchev–Trinajstić information content (AvgIpc) is 3.13. The van der Waals surface area contributed by atoms with Crippen molar-refractivity contribution in [3.05, 3.63) is 0 Å². The Morgan fingerprint density at radius 3 is 2.41 bits per heavy atom. The Kier molecular flexibility index (Phi) is 5.26. The van der Waals surface area contributed by atoms with E-state index in [-0.39, 0.29) is 5.92 Å². The van der Waals surface area contributed by atoms with Gasteiger partial charge in [0.25, 0.3) is 0 Å². The summed E-state index contributed by atoms with van der Waals surface area (Å²) < 4.78 is 23.2. The molecule has 2 saturated heterocycles. The number of nitrogens with zero attached hydrogens (tertiary/aromatic N) is 2. The van der Waals surface area contributed by atoms with E-state index in [1.54, 1.807) is 0 Å². The summed E-state index contributed by atoms with van der Waals surface area (Å²) in [6.07, 6.45) is 9.68. The van der Waals surface area contributed by atoms with Crippen molar-refractivity contribution in [2.45, 2.75) is 57.4 Å². The van der Waals surface area contributed by atoms with Gasteiger partial charge < -0.3 is 10.2 Å². The second-order valence-electron chi connectivity index (χ2n) is 7.11. The van der Waals surface area contributed by atoms with Gasteiger partial charge >= 0.3 is 0 Å². The van der Waals surface area contributed by atoms with E-state index >= 15 is 0 Å². The topological polar surface area (TPSA) is 61.8 Å². The highest BCUT2D eigenvalue weighted by Crippen LogP contribution is 2.21. The molecule has 0 bridgehead atoms. The lowest BCUT2D eigenvalue weighted by Crippen LogP contribution is -2.47. The molecule has 126 valence electrons. The van der Waals surface area contributed by atoms with E-state index in [1.807, 2.05) is 0 Å². The van der Waals surface area contributed by atoms with Crippen LogP contribution < -0.4 is 5.32 Å². The molecule has 2 heterocycles. The maximum absolute atomic E-state index is 11.6. The van der Waals surface area contributed by atoms with Gasteiger partial charge in [0.15, 0.2) is 15.8 Å². The minimum atomic E-state index is -2.79. The Labute approximate surface area is 134 Å². The fraction of sp³-hybridized carbons (Fsp3) is 0.938. The average molecular weight is 327 g/mol. The summed E-state index contributed by atoms with van der Waals surface area (Å²) in [6.45, 7) is 2.83. The van der Waals surface area contributed by atoms with Gasteiger partial charge in [-0.2, -0.15) is 0 Å². The minimum Gasteiger partial charge on any atom is -0.354 e. The van der Waals surface area contributed by atoms with Crippen molar-refractivity contribution in [2.75, 3.05) is 31.1 Å². The molecule has 6 heteroatoms. The molecule has 0 radical (unpaired) electrons. The molecule has 0 aromatic rings. The molecular weight excluding hydrogens is 298 g/mol. The van der Waals surface area contributed by atoms with Crippen molar-refractivity contribution in [3.8, 4) is 0 Å². The quantitative estimate of drug-likeness (QED) is 0.634. The molecule has 1 aliphatic carbocycles. The zero-order chi connectivity index (χ0) is 15.4. The van der Waals surface area contributed by atoms with Crippen molar-refractivity contribution in [3.63, 3.8) is 0 Å². The van der Waals surface area contributed by atoms with E-state index in [2.05, 4.69) is 10.2 Å². The Morgan fingerprint density at radius 2 is 1.77 bits per heavy atom. The summed E-state index contributed by atoms with van der Waals surface area (Å²) in [5.74, 6) is 1.93. The SMILES string of the molecule is O=S1(=O)CCC(CN=C(NC2CCCC2)N2CCCCC2)C1. The molecule has 1 unspecified atom stereocenters. The molecule has 1 saturated carbocycles. The van der Waals surface area contributed by atoms with E-state index in [1.165, 1.54) is 44.9 Å². The van der Waals surface area contributed by atoms with Crippen LogP contribution in [0.5, 0.6) is 0 Å². The molecule has 3 rings (SSSR count). The van der Waals surface area contributed by atoms with Gasteiger partial charge in [-0.25, -0.2) is 8.42 Å². The van der Waals surface area contributed by atoms with E-state index in [9.17, 15) is 8.42 Å². The van der Waals surface area contributed by atoms with Gasteiger partial charge in [0.1, 0.15) is 0 Å². The summed E-state index contributed by atoms with van der Waals surface area (Å²) >= 11 is 0. The third kappa shape index (κ3) is 4.37. The van der Waals surface area contributed by atoms with E-state index in [4.69, 9.17) is 4.99 Å². The summed E-state index contributed by atoms with van der Waals surface area (Å²) in [6, 6.07) is 0.563. The highest BCUT2D eigenvalue weighted by atomic mass is 32.2. The van der Waals surface area contributed by atoms with Crippen LogP contribution in [0.3, 0.4) is 0 Å². The molecule has 22 heavy (non-hydrogen) atoms. The largest absolute Gasteiger partial charge is 0.354 e. The lowest BCUT2D eigenvalue weighted by Gasteiger charge is -2.32. The summed E-state index contributed by atoms with van der Waals surface area (Å²) in [5.41, 5.74) is 0. The Balaban J connectivity index is 1.62. The van der Waals surface area contributed by atoms with Crippen molar-refractivity contribution < 1.29 is 8.42 Å². The van der Waals surface area contributed by atoms with Crippen molar-refractivity contribution in [1.82, 2.24) is 10.2 Å². The molecule has 0 aromatic heterocycles. The van der Waals surface area contributed by atoms with E-state index < -0.39 is 9.84 Å². The summed E-state index contributed by atoms with van der Waals surface area (Å²) in [7, 11) is -2.79. The van der Waals surface area contributed by atoms with Gasteiger partial charge in [-0.1, -0.05) is 12.8 Å². The third-order valence-corrected chi connectivity index (χ3v) is 7.01. The lowest BCUT2D eigenvalue weighted by atomic mass is 10.1. The van der Waals surface area contributed by atoms with Gasteiger partial charge in [0.05, 0.1) is 11.5 Å². The van der Waals surface area contributed by atoms with Crippen LogP contribution in [0, 0.1) is 5.92 Å². The number of piperidine rings is 1. The van der Waals surface area contributed by atoms with Gasteiger partial charge in [-0.05, 0) is 44.4 Å². The number of hydrogen-bond acceptors (Lipinski definition) is 3. The smallest absolute Gasteiger partial charge is 0.194 e. The Morgan fingerprint density at radius 1 is 1.05 bits per heavy atom. The van der Waals surface area contributed by atoms with Crippen molar-refractivity contribution in [1.29, 1.82) is 0 Å². The Bertz CT molecular complexity index is 492. The van der Waals surface area contributed by atoms with E-state index in [0.29, 0.717) is 24.1 Å². The van der Waals surface area contributed by atoms with Crippen molar-refractivity contribution in [2.24, 2.45) is 10.9 Å². The summed E-state index contributed by atoms with van der Waals surface area (Å²) in [4.78, 5) is 7.21. The molecule has 0 aromatic carbocycles. The number of guanidine groups is 1. The van der Waals surface area contributed by atoms with Gasteiger partial charge in [-0.15, -0.1) is 0 Å². The minimum absolute atomic E-state index is 0.218. The van der Waals surface area contributed by atoms with Crippen LogP contribution in [0.4, 0.5) is 0 Å². The normalized spacial score (nSPS) is 29.9. The van der Waals surface area contributed by atoms with Crippen LogP contribution in [0.15, 0.2) is 4.99 Å². The molecule has 3 aliphatic rings. The fourth-order valence-corrected chi connectivity index (χ4v) is 5.68. The number of sulfone groups is 1. The standard InChI is InChI=1S/C16H29N3O2S/c20-22(21)11-8-14(13-22)12-17-16(18-15-6-2-3-7-15)19-9-4-1-5-10-19/h14-15H,1-13H2,(H,17,18). The Hall–Kier alpha value is -0.780. The number of hydrogen-bond donors (Lipinski definition) is 1. The fourth-order valence-electron chi connectivity index (χ4n) is 3.83. The maximum Gasteiger partial charge on any atom is 0.194 e. The number of likely N-dealkylation sites (tertiary alicyclic amines) is 1. The predicted octanol–water partition coefficient (Wildman–Crippen LogP) is 1.80. The first-order valence-corrected chi connectivity index (χ1v) is 10.7. The van der Waals surface area contributed by atoms with Crippen molar-refractivity contribution >= 4 is 15.8 Å². The second kappa shape index (κ2) is 7.20. The highest BCUT2D eigenvalue weighted by Gasteiger charge is 2.28.